The van der Waals surface area contributed by atoms with Crippen molar-refractivity contribution in [1.82, 2.24) is 0 Å². The Hall–Kier alpha value is -2.37. The van der Waals surface area contributed by atoms with Crippen LogP contribution in [0.2, 0.25) is 0 Å². The first-order valence-corrected chi connectivity index (χ1v) is 28.5. The summed E-state index contributed by atoms with van der Waals surface area (Å²) < 4.78 is 16.8. The van der Waals surface area contributed by atoms with Crippen molar-refractivity contribution in [3.8, 4) is 0 Å². The summed E-state index contributed by atoms with van der Waals surface area (Å²) in [5, 5.41) is 0. The second kappa shape index (κ2) is 54.2. The van der Waals surface area contributed by atoms with E-state index >= 15 is 0 Å². The monoisotopic (exact) mass is 913 g/mol. The van der Waals surface area contributed by atoms with Crippen molar-refractivity contribution in [2.75, 3.05) is 13.2 Å². The molecule has 0 aromatic rings. The molecule has 0 N–H and O–H groups in total. The van der Waals surface area contributed by atoms with E-state index in [-0.39, 0.29) is 31.1 Å². The standard InChI is InChI=1S/C59H108O6/c1-4-7-10-13-16-19-22-25-27-29-30-32-34-37-40-43-46-49-52-58(61)64-55-56(54-63-57(60)51-48-45-42-39-36-33-24-21-18-15-12-9-6-3)65-59(62)53-50-47-44-41-38-35-31-28-26-23-20-17-14-11-8-5-2/h9,12,18,21,33,36,56H,4-8,10-11,13-17,19-20,22-32,34-35,37-55H2,1-3H3/b12-9-,21-18-,36-33-. The van der Waals surface area contributed by atoms with Gasteiger partial charge in [-0.2, -0.15) is 0 Å². The summed E-state index contributed by atoms with van der Waals surface area (Å²) in [6.45, 7) is 6.55. The quantitative estimate of drug-likeness (QED) is 0.0262. The molecule has 0 radical (unpaired) electrons. The van der Waals surface area contributed by atoms with Crippen molar-refractivity contribution < 1.29 is 28.6 Å². The molecule has 0 aromatic carbocycles. The summed E-state index contributed by atoms with van der Waals surface area (Å²) in [5.74, 6) is -0.888. The number of carbonyl (C=O) groups is 3. The molecule has 6 nitrogen and oxygen atoms in total. The molecule has 0 fully saturated rings. The van der Waals surface area contributed by atoms with Gasteiger partial charge in [-0.1, -0.05) is 269 Å². The molecule has 0 aromatic heterocycles. The fraction of sp³-hybridized carbons (Fsp3) is 0.847. The maximum atomic E-state index is 12.8. The lowest BCUT2D eigenvalue weighted by Crippen LogP contribution is -2.30. The number of hydrogen-bond acceptors (Lipinski definition) is 6. The number of unbranched alkanes of at least 4 members (excludes halogenated alkanes) is 35. The molecular formula is C59H108O6. The van der Waals surface area contributed by atoms with E-state index in [1.807, 2.05) is 0 Å². The Bertz CT molecular complexity index is 1090. The van der Waals surface area contributed by atoms with Crippen molar-refractivity contribution in [3.63, 3.8) is 0 Å². The molecule has 0 rings (SSSR count). The van der Waals surface area contributed by atoms with Crippen LogP contribution >= 0.6 is 0 Å². The Balaban J connectivity index is 4.33. The fourth-order valence-electron chi connectivity index (χ4n) is 8.40. The molecule has 0 aliphatic rings. The summed E-state index contributed by atoms with van der Waals surface area (Å²) >= 11 is 0. The van der Waals surface area contributed by atoms with Gasteiger partial charge in [-0.3, -0.25) is 14.4 Å². The molecule has 0 spiro atoms. The van der Waals surface area contributed by atoms with Gasteiger partial charge in [0.25, 0.3) is 0 Å². The number of ether oxygens (including phenoxy) is 3. The molecule has 0 aliphatic carbocycles. The molecule has 0 saturated heterocycles. The zero-order valence-corrected chi connectivity index (χ0v) is 43.5. The summed E-state index contributed by atoms with van der Waals surface area (Å²) in [6.07, 6.45) is 64.2. The molecule has 0 aliphatic heterocycles. The van der Waals surface area contributed by atoms with Crippen molar-refractivity contribution in [3.05, 3.63) is 36.5 Å². The lowest BCUT2D eigenvalue weighted by atomic mass is 10.0. The maximum absolute atomic E-state index is 12.8. The number of esters is 3. The van der Waals surface area contributed by atoms with Gasteiger partial charge in [-0.05, 0) is 51.4 Å². The van der Waals surface area contributed by atoms with E-state index in [0.717, 1.165) is 83.5 Å². The Morgan fingerprint density at radius 2 is 0.600 bits per heavy atom. The number of carbonyl (C=O) groups excluding carboxylic acids is 3. The third kappa shape index (κ3) is 52.5. The van der Waals surface area contributed by atoms with Gasteiger partial charge in [-0.25, -0.2) is 0 Å². The van der Waals surface area contributed by atoms with Crippen LogP contribution in [-0.4, -0.2) is 37.2 Å². The van der Waals surface area contributed by atoms with Crippen LogP contribution in [0.4, 0.5) is 0 Å². The van der Waals surface area contributed by atoms with E-state index in [1.54, 1.807) is 0 Å². The third-order valence-electron chi connectivity index (χ3n) is 12.7. The predicted molar refractivity (Wildman–Crippen MR) is 279 cm³/mol. The maximum Gasteiger partial charge on any atom is 0.306 e. The highest BCUT2D eigenvalue weighted by molar-refractivity contribution is 5.71. The molecule has 0 bridgehead atoms. The first-order chi connectivity index (χ1) is 32.0. The van der Waals surface area contributed by atoms with Crippen LogP contribution in [0.5, 0.6) is 0 Å². The van der Waals surface area contributed by atoms with E-state index in [1.165, 1.54) is 180 Å². The van der Waals surface area contributed by atoms with Crippen LogP contribution < -0.4 is 0 Å². The molecular weight excluding hydrogens is 805 g/mol. The van der Waals surface area contributed by atoms with Gasteiger partial charge < -0.3 is 14.2 Å². The molecule has 0 saturated carbocycles. The molecule has 6 heteroatoms. The zero-order valence-electron chi connectivity index (χ0n) is 43.5. The van der Waals surface area contributed by atoms with Crippen molar-refractivity contribution in [2.24, 2.45) is 0 Å². The topological polar surface area (TPSA) is 78.9 Å². The van der Waals surface area contributed by atoms with E-state index in [2.05, 4.69) is 57.2 Å². The van der Waals surface area contributed by atoms with Gasteiger partial charge in [0, 0.05) is 19.3 Å². The van der Waals surface area contributed by atoms with Gasteiger partial charge in [0.1, 0.15) is 13.2 Å². The first kappa shape index (κ1) is 62.6. The number of hydrogen-bond donors (Lipinski definition) is 0. The number of allylic oxidation sites excluding steroid dienone is 6. The summed E-state index contributed by atoms with van der Waals surface area (Å²) in [6, 6.07) is 0. The van der Waals surface area contributed by atoms with Crippen LogP contribution in [0, 0.1) is 0 Å². The minimum Gasteiger partial charge on any atom is -0.462 e. The zero-order chi connectivity index (χ0) is 47.2. The summed E-state index contributed by atoms with van der Waals surface area (Å²) in [4.78, 5) is 38.1. The Morgan fingerprint density at radius 1 is 0.323 bits per heavy atom. The number of rotatable bonds is 52. The van der Waals surface area contributed by atoms with Crippen LogP contribution in [0.1, 0.15) is 303 Å². The smallest absolute Gasteiger partial charge is 0.306 e. The van der Waals surface area contributed by atoms with Crippen LogP contribution in [0.15, 0.2) is 36.5 Å². The van der Waals surface area contributed by atoms with Crippen LogP contribution in [-0.2, 0) is 28.6 Å². The largest absolute Gasteiger partial charge is 0.462 e. The van der Waals surface area contributed by atoms with Crippen LogP contribution in [0.3, 0.4) is 0 Å². The van der Waals surface area contributed by atoms with Crippen molar-refractivity contribution in [2.45, 2.75) is 309 Å². The molecule has 1 atom stereocenters. The van der Waals surface area contributed by atoms with Crippen molar-refractivity contribution >= 4 is 17.9 Å². The van der Waals surface area contributed by atoms with Gasteiger partial charge in [0.2, 0.25) is 0 Å². The summed E-state index contributed by atoms with van der Waals surface area (Å²) in [5.41, 5.74) is 0. The van der Waals surface area contributed by atoms with Gasteiger partial charge in [0.15, 0.2) is 6.10 Å². The lowest BCUT2D eigenvalue weighted by Gasteiger charge is -2.18. The fourth-order valence-corrected chi connectivity index (χ4v) is 8.40. The highest BCUT2D eigenvalue weighted by Gasteiger charge is 2.19. The highest BCUT2D eigenvalue weighted by atomic mass is 16.6. The van der Waals surface area contributed by atoms with Gasteiger partial charge in [-0.15, -0.1) is 0 Å². The van der Waals surface area contributed by atoms with Crippen LogP contribution in [0.25, 0.3) is 0 Å². The average Bonchev–Trinajstić information content (AvgIpc) is 3.30. The Labute approximate surface area is 404 Å². The van der Waals surface area contributed by atoms with E-state index < -0.39 is 6.10 Å². The molecule has 65 heavy (non-hydrogen) atoms. The normalized spacial score (nSPS) is 12.2. The molecule has 0 heterocycles. The van der Waals surface area contributed by atoms with Gasteiger partial charge >= 0.3 is 17.9 Å². The first-order valence-electron chi connectivity index (χ1n) is 28.5. The highest BCUT2D eigenvalue weighted by Crippen LogP contribution is 2.17. The second-order valence-electron chi connectivity index (χ2n) is 19.2. The second-order valence-corrected chi connectivity index (χ2v) is 19.2. The van der Waals surface area contributed by atoms with Crippen molar-refractivity contribution in [1.29, 1.82) is 0 Å². The lowest BCUT2D eigenvalue weighted by molar-refractivity contribution is -0.167. The Kier molecular flexibility index (Phi) is 52.3. The Morgan fingerprint density at radius 3 is 0.938 bits per heavy atom. The minimum absolute atomic E-state index is 0.0766. The molecule has 380 valence electrons. The molecule has 0 amide bonds. The average molecular weight is 914 g/mol. The minimum atomic E-state index is -0.779. The van der Waals surface area contributed by atoms with E-state index in [4.69, 9.17) is 14.2 Å². The molecule has 1 unspecified atom stereocenters. The SMILES string of the molecule is CC/C=C\C/C=C\C/C=C\CCCCCC(=O)OCC(COC(=O)CCCCCCCCCCCCCCCCCCCC)OC(=O)CCCCCCCCCCCCCCCCCC. The van der Waals surface area contributed by atoms with E-state index in [9.17, 15) is 14.4 Å². The van der Waals surface area contributed by atoms with Gasteiger partial charge in [0.05, 0.1) is 0 Å². The third-order valence-corrected chi connectivity index (χ3v) is 12.7. The summed E-state index contributed by atoms with van der Waals surface area (Å²) in [7, 11) is 0. The predicted octanol–water partition coefficient (Wildman–Crippen LogP) is 18.9. The van der Waals surface area contributed by atoms with E-state index in [0.29, 0.717) is 19.3 Å².